The molecule has 22 heavy (non-hydrogen) atoms. The van der Waals surface area contributed by atoms with Gasteiger partial charge in [-0.25, -0.2) is 4.79 Å². The molecule has 126 valence electrons. The van der Waals surface area contributed by atoms with Crippen LogP contribution in [-0.2, 0) is 9.16 Å². The highest BCUT2D eigenvalue weighted by Gasteiger charge is 2.42. The zero-order valence-corrected chi connectivity index (χ0v) is 15.5. The number of piperidine rings is 1. The van der Waals surface area contributed by atoms with Crippen molar-refractivity contribution in [2.75, 3.05) is 19.7 Å². The van der Waals surface area contributed by atoms with E-state index in [1.54, 1.807) is 11.8 Å². The molecule has 1 aliphatic heterocycles. The molecule has 0 aromatic heterocycles. The summed E-state index contributed by atoms with van der Waals surface area (Å²) in [5.41, 5.74) is 8.76. The number of amides is 1. The van der Waals surface area contributed by atoms with Crippen molar-refractivity contribution < 1.29 is 14.0 Å². The Kier molecular flexibility index (Phi) is 6.28. The average molecular weight is 328 g/mol. The van der Waals surface area contributed by atoms with Crippen molar-refractivity contribution in [3.05, 3.63) is 10.4 Å². The summed E-state index contributed by atoms with van der Waals surface area (Å²) in [7, 11) is -2.01. The highest BCUT2D eigenvalue weighted by Crippen LogP contribution is 2.38. The van der Waals surface area contributed by atoms with E-state index < -0.39 is 8.32 Å². The van der Waals surface area contributed by atoms with Crippen molar-refractivity contribution in [2.45, 2.75) is 64.4 Å². The van der Waals surface area contributed by atoms with Crippen molar-refractivity contribution in [1.29, 1.82) is 0 Å². The minimum Gasteiger partial charge on any atom is -0.450 e. The third-order valence-electron chi connectivity index (χ3n) is 4.50. The molecule has 1 heterocycles. The number of hydrogen-bond acceptors (Lipinski definition) is 4. The van der Waals surface area contributed by atoms with Crippen molar-refractivity contribution in [3.63, 3.8) is 0 Å². The van der Waals surface area contributed by atoms with E-state index in [-0.39, 0.29) is 23.3 Å². The van der Waals surface area contributed by atoms with Gasteiger partial charge >= 0.3 is 6.09 Å². The lowest BCUT2D eigenvalue weighted by Gasteiger charge is -2.44. The molecule has 0 radical (unpaired) electrons. The van der Waals surface area contributed by atoms with Gasteiger partial charge in [0.1, 0.15) is 0 Å². The Labute approximate surface area is 133 Å². The normalized spacial score (nSPS) is 22.9. The van der Waals surface area contributed by atoms with E-state index in [4.69, 9.17) is 14.7 Å². The molecule has 7 nitrogen and oxygen atoms in total. The maximum Gasteiger partial charge on any atom is 0.409 e. The Balaban J connectivity index is 2.88. The van der Waals surface area contributed by atoms with E-state index in [0.29, 0.717) is 26.1 Å². The van der Waals surface area contributed by atoms with Gasteiger partial charge in [-0.15, -0.1) is 0 Å². The first kappa shape index (κ1) is 18.8. The smallest absolute Gasteiger partial charge is 0.409 e. The monoisotopic (exact) mass is 328 g/mol. The van der Waals surface area contributed by atoms with Crippen LogP contribution in [0, 0.1) is 0 Å². The SMILES string of the molecule is CCOC(=O)N1CCC(N=[N+]=[N-])C(O[Si](C)(C)C(C)(C)C)C1. The number of ether oxygens (including phenoxy) is 1. The van der Waals surface area contributed by atoms with Crippen molar-refractivity contribution in [1.82, 2.24) is 4.90 Å². The fourth-order valence-corrected chi connectivity index (χ4v) is 3.50. The minimum absolute atomic E-state index is 0.0557. The van der Waals surface area contributed by atoms with Gasteiger partial charge < -0.3 is 14.1 Å². The van der Waals surface area contributed by atoms with Crippen LogP contribution in [0.4, 0.5) is 4.79 Å². The molecule has 8 heteroatoms. The number of carbonyl (C=O) groups is 1. The summed E-state index contributed by atoms with van der Waals surface area (Å²) in [6.07, 6.45) is 0.00276. The van der Waals surface area contributed by atoms with E-state index in [0.717, 1.165) is 0 Å². The van der Waals surface area contributed by atoms with Gasteiger partial charge in [-0.2, -0.15) is 0 Å². The molecule has 1 aliphatic rings. The summed E-state index contributed by atoms with van der Waals surface area (Å²) in [5.74, 6) is 0. The molecular formula is C14H28N4O3Si. The molecule has 0 aromatic rings. The molecule has 1 amide bonds. The van der Waals surface area contributed by atoms with Crippen LogP contribution >= 0.6 is 0 Å². The first-order valence-electron chi connectivity index (χ1n) is 7.76. The van der Waals surface area contributed by atoms with Gasteiger partial charge in [0.05, 0.1) is 18.8 Å². The van der Waals surface area contributed by atoms with Gasteiger partial charge in [0, 0.05) is 18.0 Å². The predicted molar refractivity (Wildman–Crippen MR) is 88.2 cm³/mol. The van der Waals surface area contributed by atoms with E-state index in [9.17, 15) is 4.79 Å². The van der Waals surface area contributed by atoms with Crippen LogP contribution in [0.15, 0.2) is 5.11 Å². The summed E-state index contributed by atoms with van der Waals surface area (Å²) < 4.78 is 11.5. The molecule has 1 fully saturated rings. The van der Waals surface area contributed by atoms with E-state index in [1.807, 2.05) is 0 Å². The molecular weight excluding hydrogens is 300 g/mol. The largest absolute Gasteiger partial charge is 0.450 e. The lowest BCUT2D eigenvalue weighted by Crippen LogP contribution is -2.55. The summed E-state index contributed by atoms with van der Waals surface area (Å²) in [5, 5.41) is 3.93. The fourth-order valence-electron chi connectivity index (χ4n) is 2.15. The Hall–Kier alpha value is -1.24. The molecule has 0 bridgehead atoms. The molecule has 2 unspecified atom stereocenters. The standard InChI is InChI=1S/C14H28N4O3Si/c1-7-20-13(19)18-9-8-11(16-17-15)12(10-18)21-22(5,6)14(2,3)4/h11-12H,7-10H2,1-6H3. The van der Waals surface area contributed by atoms with Crippen LogP contribution in [0.3, 0.4) is 0 Å². The lowest BCUT2D eigenvalue weighted by atomic mass is 10.0. The molecule has 0 aliphatic carbocycles. The fraction of sp³-hybridized carbons (Fsp3) is 0.929. The zero-order chi connectivity index (χ0) is 17.0. The van der Waals surface area contributed by atoms with Crippen molar-refractivity contribution >= 4 is 14.4 Å². The Morgan fingerprint density at radius 1 is 1.45 bits per heavy atom. The second kappa shape index (κ2) is 7.35. The Morgan fingerprint density at radius 3 is 2.59 bits per heavy atom. The van der Waals surface area contributed by atoms with Gasteiger partial charge in [-0.05, 0) is 37.0 Å². The van der Waals surface area contributed by atoms with Crippen LogP contribution < -0.4 is 0 Å². The number of nitrogens with zero attached hydrogens (tertiary/aromatic N) is 4. The Bertz CT molecular complexity index is 444. The first-order valence-corrected chi connectivity index (χ1v) is 10.7. The summed E-state index contributed by atoms with van der Waals surface area (Å²) in [4.78, 5) is 16.5. The molecule has 0 saturated carbocycles. The molecule has 0 spiro atoms. The lowest BCUT2D eigenvalue weighted by molar-refractivity contribution is 0.0456. The van der Waals surface area contributed by atoms with Gasteiger partial charge in [0.25, 0.3) is 0 Å². The average Bonchev–Trinajstić information content (AvgIpc) is 2.39. The van der Waals surface area contributed by atoms with Crippen LogP contribution in [0.1, 0.15) is 34.1 Å². The third kappa shape index (κ3) is 4.63. The second-order valence-electron chi connectivity index (χ2n) is 7.12. The number of azide groups is 1. The van der Waals surface area contributed by atoms with Crippen molar-refractivity contribution in [2.24, 2.45) is 5.11 Å². The van der Waals surface area contributed by atoms with Crippen LogP contribution in [0.5, 0.6) is 0 Å². The van der Waals surface area contributed by atoms with Gasteiger partial charge in [0.15, 0.2) is 8.32 Å². The third-order valence-corrected chi connectivity index (χ3v) is 9.01. The van der Waals surface area contributed by atoms with Crippen molar-refractivity contribution in [3.8, 4) is 0 Å². The maximum atomic E-state index is 11.9. The van der Waals surface area contributed by atoms with Crippen LogP contribution in [0.25, 0.3) is 10.4 Å². The predicted octanol–water partition coefficient (Wildman–Crippen LogP) is 3.92. The molecule has 0 N–H and O–H groups in total. The summed E-state index contributed by atoms with van der Waals surface area (Å²) in [6.45, 7) is 13.9. The van der Waals surface area contributed by atoms with Gasteiger partial charge in [-0.1, -0.05) is 25.9 Å². The number of likely N-dealkylation sites (tertiary alicyclic amines) is 1. The van der Waals surface area contributed by atoms with E-state index in [2.05, 4.69) is 43.9 Å². The molecule has 1 rings (SSSR count). The van der Waals surface area contributed by atoms with E-state index in [1.165, 1.54) is 0 Å². The number of carbonyl (C=O) groups excluding carboxylic acids is 1. The Morgan fingerprint density at radius 2 is 2.09 bits per heavy atom. The minimum atomic E-state index is -2.01. The second-order valence-corrected chi connectivity index (χ2v) is 11.9. The maximum absolute atomic E-state index is 11.9. The molecule has 1 saturated heterocycles. The molecule has 0 aromatic carbocycles. The first-order chi connectivity index (χ1) is 10.1. The van der Waals surface area contributed by atoms with Gasteiger partial charge in [0.2, 0.25) is 0 Å². The van der Waals surface area contributed by atoms with Gasteiger partial charge in [-0.3, -0.25) is 0 Å². The summed E-state index contributed by atoms with van der Waals surface area (Å²) in [6, 6.07) is -0.232. The van der Waals surface area contributed by atoms with Crippen LogP contribution in [-0.4, -0.2) is 51.2 Å². The summed E-state index contributed by atoms with van der Waals surface area (Å²) >= 11 is 0. The topological polar surface area (TPSA) is 87.5 Å². The number of hydrogen-bond donors (Lipinski definition) is 0. The number of rotatable bonds is 4. The van der Waals surface area contributed by atoms with E-state index >= 15 is 0 Å². The quantitative estimate of drug-likeness (QED) is 0.339. The molecule has 2 atom stereocenters. The highest BCUT2D eigenvalue weighted by molar-refractivity contribution is 6.74. The van der Waals surface area contributed by atoms with Crippen LogP contribution in [0.2, 0.25) is 18.1 Å². The zero-order valence-electron chi connectivity index (χ0n) is 14.5. The highest BCUT2D eigenvalue weighted by atomic mass is 28.4.